The lowest BCUT2D eigenvalue weighted by Crippen LogP contribution is -2.45. The van der Waals surface area contributed by atoms with Crippen LogP contribution in [0.15, 0.2) is 79.0 Å². The van der Waals surface area contributed by atoms with E-state index in [1.807, 2.05) is 72.8 Å². The fraction of sp³-hybridized carbons (Fsp3) is 0.100. The molecule has 0 aliphatic carbocycles. The maximum absolute atomic E-state index is 13.2. The molecule has 1 aliphatic rings. The van der Waals surface area contributed by atoms with Gasteiger partial charge in [-0.25, -0.2) is 0 Å². The Bertz CT molecular complexity index is 880. The quantitative estimate of drug-likeness (QED) is 0.744. The number of carbonyl (C=O) groups excluding carboxylic acids is 1. The largest absolute Gasteiger partial charge is 0.466 e. The topological polar surface area (TPSA) is 42.4 Å². The third-order valence-electron chi connectivity index (χ3n) is 4.29. The van der Waals surface area contributed by atoms with Gasteiger partial charge in [0.25, 0.3) is 11.5 Å². The second kappa shape index (κ2) is 5.49. The van der Waals surface area contributed by atoms with Crippen LogP contribution in [0.1, 0.15) is 11.3 Å². The number of benzene rings is 2. The highest BCUT2D eigenvalue weighted by atomic mass is 16.5. The first-order valence-corrected chi connectivity index (χ1v) is 7.77. The van der Waals surface area contributed by atoms with Crippen LogP contribution in [0.3, 0.4) is 0 Å². The number of fused-ring (bicyclic) bond motifs is 1. The Morgan fingerprint density at radius 2 is 1.62 bits per heavy atom. The van der Waals surface area contributed by atoms with E-state index in [1.54, 1.807) is 18.1 Å². The van der Waals surface area contributed by atoms with E-state index in [4.69, 9.17) is 4.74 Å². The van der Waals surface area contributed by atoms with Crippen molar-refractivity contribution in [1.82, 2.24) is 4.98 Å². The number of amides is 1. The van der Waals surface area contributed by atoms with Crippen LogP contribution < -0.4 is 9.64 Å². The van der Waals surface area contributed by atoms with Gasteiger partial charge in [-0.3, -0.25) is 9.78 Å². The summed E-state index contributed by atoms with van der Waals surface area (Å²) in [6, 6.07) is 22.6. The lowest BCUT2D eigenvalue weighted by Gasteiger charge is -2.28. The van der Waals surface area contributed by atoms with E-state index in [1.165, 1.54) is 0 Å². The summed E-state index contributed by atoms with van der Waals surface area (Å²) >= 11 is 0. The van der Waals surface area contributed by atoms with E-state index in [0.29, 0.717) is 11.4 Å². The molecule has 1 aromatic heterocycles. The van der Waals surface area contributed by atoms with Crippen molar-refractivity contribution in [3.05, 3.63) is 90.3 Å². The van der Waals surface area contributed by atoms with Gasteiger partial charge in [-0.15, -0.1) is 0 Å². The van der Waals surface area contributed by atoms with Gasteiger partial charge in [0.15, 0.2) is 0 Å². The summed E-state index contributed by atoms with van der Waals surface area (Å²) in [5, 5.41) is 0. The van der Waals surface area contributed by atoms with E-state index in [0.717, 1.165) is 11.3 Å². The Balaban J connectivity index is 1.97. The molecule has 24 heavy (non-hydrogen) atoms. The van der Waals surface area contributed by atoms with Crippen LogP contribution in [0.4, 0.5) is 5.69 Å². The fourth-order valence-electron chi connectivity index (χ4n) is 3.16. The third-order valence-corrected chi connectivity index (χ3v) is 4.29. The van der Waals surface area contributed by atoms with E-state index in [2.05, 4.69) is 4.98 Å². The Morgan fingerprint density at radius 3 is 2.38 bits per heavy atom. The number of anilines is 1. The fourth-order valence-corrected chi connectivity index (χ4v) is 3.16. The number of para-hydroxylation sites is 2. The molecule has 0 fully saturated rings. The molecule has 0 saturated heterocycles. The van der Waals surface area contributed by atoms with E-state index >= 15 is 0 Å². The van der Waals surface area contributed by atoms with Gasteiger partial charge in [0, 0.05) is 18.8 Å². The first-order chi connectivity index (χ1) is 11.7. The Labute approximate surface area is 140 Å². The zero-order valence-electron chi connectivity index (χ0n) is 13.2. The minimum absolute atomic E-state index is 0.147. The molecule has 0 spiro atoms. The van der Waals surface area contributed by atoms with Crippen LogP contribution in [-0.4, -0.2) is 17.9 Å². The summed E-state index contributed by atoms with van der Waals surface area (Å²) in [4.78, 5) is 19.3. The molecule has 4 rings (SSSR count). The second-order valence-electron chi connectivity index (χ2n) is 5.69. The molecule has 2 heterocycles. The van der Waals surface area contributed by atoms with Crippen LogP contribution in [0.25, 0.3) is 0 Å². The van der Waals surface area contributed by atoms with Crippen molar-refractivity contribution in [2.24, 2.45) is 0 Å². The molecule has 0 unspecified atom stereocenters. The monoisotopic (exact) mass is 316 g/mol. The molecule has 1 aliphatic heterocycles. The molecular formula is C20H16N2O2. The molecule has 4 heteroatoms. The lowest BCUT2D eigenvalue weighted by atomic mass is 9.90. The Hall–Kier alpha value is -3.14. The van der Waals surface area contributed by atoms with Gasteiger partial charge in [-0.1, -0.05) is 42.5 Å². The van der Waals surface area contributed by atoms with Crippen molar-refractivity contribution in [2.75, 3.05) is 11.9 Å². The summed E-state index contributed by atoms with van der Waals surface area (Å²) < 4.78 is 6.30. The molecule has 2 aromatic carbocycles. The summed E-state index contributed by atoms with van der Waals surface area (Å²) in [5.41, 5.74) is 0.952. The zero-order chi connectivity index (χ0) is 16.6. The minimum atomic E-state index is -1.27. The highest BCUT2D eigenvalue weighted by Gasteiger charge is 2.54. The van der Waals surface area contributed by atoms with E-state index < -0.39 is 5.60 Å². The van der Waals surface area contributed by atoms with E-state index in [-0.39, 0.29) is 5.91 Å². The molecule has 118 valence electrons. The average Bonchev–Trinajstić information content (AvgIpc) is 2.86. The maximum atomic E-state index is 13.2. The van der Waals surface area contributed by atoms with Gasteiger partial charge in [0.05, 0.1) is 11.4 Å². The molecular weight excluding hydrogens is 300 g/mol. The summed E-state index contributed by atoms with van der Waals surface area (Å²) in [5.74, 6) is 0.479. The van der Waals surface area contributed by atoms with Crippen LogP contribution in [0.2, 0.25) is 0 Å². The Kier molecular flexibility index (Phi) is 3.31. The zero-order valence-corrected chi connectivity index (χ0v) is 13.2. The molecule has 4 nitrogen and oxygen atoms in total. The average molecular weight is 316 g/mol. The highest BCUT2D eigenvalue weighted by molar-refractivity contribution is 6.08. The lowest BCUT2D eigenvalue weighted by molar-refractivity contribution is -0.130. The van der Waals surface area contributed by atoms with Gasteiger partial charge in [0.2, 0.25) is 0 Å². The van der Waals surface area contributed by atoms with Crippen molar-refractivity contribution in [3.8, 4) is 5.75 Å². The number of ether oxygens (including phenoxy) is 1. The molecule has 1 atom stereocenters. The number of hydrogen-bond donors (Lipinski definition) is 0. The van der Waals surface area contributed by atoms with Crippen molar-refractivity contribution in [2.45, 2.75) is 5.60 Å². The predicted molar refractivity (Wildman–Crippen MR) is 91.9 cm³/mol. The highest BCUT2D eigenvalue weighted by Crippen LogP contribution is 2.45. The number of rotatable bonds is 3. The number of carbonyl (C=O) groups is 1. The SMILES string of the molecule is CN1C(=O)[C@](Oc2ccccc2)(c2ccccn2)c2ccccc21. The van der Waals surface area contributed by atoms with Crippen molar-refractivity contribution in [1.29, 1.82) is 0 Å². The molecule has 0 radical (unpaired) electrons. The first kappa shape index (κ1) is 14.5. The normalized spacial score (nSPS) is 19.2. The molecule has 1 amide bonds. The smallest absolute Gasteiger partial charge is 0.282 e. The van der Waals surface area contributed by atoms with Gasteiger partial charge in [-0.05, 0) is 30.3 Å². The van der Waals surface area contributed by atoms with Crippen LogP contribution in [0, 0.1) is 0 Å². The number of likely N-dealkylation sites (N-methyl/N-ethyl adjacent to an activating group) is 1. The second-order valence-corrected chi connectivity index (χ2v) is 5.69. The van der Waals surface area contributed by atoms with Crippen molar-refractivity contribution >= 4 is 11.6 Å². The number of nitrogens with zero attached hydrogens (tertiary/aromatic N) is 2. The van der Waals surface area contributed by atoms with Crippen LogP contribution in [-0.2, 0) is 10.4 Å². The van der Waals surface area contributed by atoms with Gasteiger partial charge in [-0.2, -0.15) is 0 Å². The standard InChI is InChI=1S/C20H16N2O2/c1-22-17-12-6-5-11-16(17)20(19(22)23,18-13-7-8-14-21-18)24-15-9-3-2-4-10-15/h2-14H,1H3/t20-/m1/s1. The van der Waals surface area contributed by atoms with Crippen molar-refractivity contribution < 1.29 is 9.53 Å². The maximum Gasteiger partial charge on any atom is 0.282 e. The minimum Gasteiger partial charge on any atom is -0.466 e. The van der Waals surface area contributed by atoms with Crippen molar-refractivity contribution in [3.63, 3.8) is 0 Å². The molecule has 3 aromatic rings. The van der Waals surface area contributed by atoms with Gasteiger partial charge < -0.3 is 9.64 Å². The first-order valence-electron chi connectivity index (χ1n) is 7.77. The number of hydrogen-bond acceptors (Lipinski definition) is 3. The van der Waals surface area contributed by atoms with Crippen LogP contribution in [0.5, 0.6) is 5.75 Å². The van der Waals surface area contributed by atoms with Crippen LogP contribution >= 0.6 is 0 Å². The third kappa shape index (κ3) is 2.00. The van der Waals surface area contributed by atoms with E-state index in [9.17, 15) is 4.79 Å². The number of aromatic nitrogens is 1. The van der Waals surface area contributed by atoms with Gasteiger partial charge >= 0.3 is 0 Å². The summed E-state index contributed by atoms with van der Waals surface area (Å²) in [6.45, 7) is 0. The Morgan fingerprint density at radius 1 is 0.917 bits per heavy atom. The predicted octanol–water partition coefficient (Wildman–Crippen LogP) is 3.38. The van der Waals surface area contributed by atoms with Gasteiger partial charge in [0.1, 0.15) is 5.75 Å². The summed E-state index contributed by atoms with van der Waals surface area (Å²) in [6.07, 6.45) is 1.68. The molecule has 0 bridgehead atoms. The summed E-state index contributed by atoms with van der Waals surface area (Å²) in [7, 11) is 1.76. The molecule has 0 N–H and O–H groups in total. The molecule has 0 saturated carbocycles. The number of pyridine rings is 1.